The lowest BCUT2D eigenvalue weighted by Gasteiger charge is -2.42. The summed E-state index contributed by atoms with van der Waals surface area (Å²) in [5, 5.41) is 18.9. The van der Waals surface area contributed by atoms with Gasteiger partial charge in [-0.05, 0) is 43.0 Å². The molecule has 2 rings (SSSR count). The van der Waals surface area contributed by atoms with Gasteiger partial charge in [0.05, 0.1) is 11.5 Å². The molecule has 0 radical (unpaired) electrons. The largest absolute Gasteiger partial charge is 0.481 e. The molecule has 1 aliphatic carbocycles. The molecule has 0 spiro atoms. The topological polar surface area (TPSA) is 57.5 Å². The van der Waals surface area contributed by atoms with Gasteiger partial charge in [-0.1, -0.05) is 6.07 Å². The number of hydrogen-bond acceptors (Lipinski definition) is 2. The van der Waals surface area contributed by atoms with E-state index in [2.05, 4.69) is 0 Å². The molecule has 0 aromatic heterocycles. The van der Waals surface area contributed by atoms with Crippen LogP contribution in [0, 0.1) is 18.7 Å². The fraction of sp³-hybridized carbons (Fsp3) is 0.417. The van der Waals surface area contributed by atoms with Gasteiger partial charge in [-0.15, -0.1) is 0 Å². The van der Waals surface area contributed by atoms with Crippen molar-refractivity contribution in [2.45, 2.75) is 25.4 Å². The first kappa shape index (κ1) is 11.1. The first-order valence-electron chi connectivity index (χ1n) is 5.13. The van der Waals surface area contributed by atoms with E-state index in [1.165, 1.54) is 12.1 Å². The standard InChI is InChI=1S/C12H13FO3/c1-7-2-9(4-10(13)3-7)12(16)5-8(6-12)11(14)15/h2-4,8,16H,5-6H2,1H3,(H,14,15). The first-order valence-corrected chi connectivity index (χ1v) is 5.13. The highest BCUT2D eigenvalue weighted by molar-refractivity contribution is 5.71. The van der Waals surface area contributed by atoms with Crippen molar-refractivity contribution in [3.05, 3.63) is 35.1 Å². The van der Waals surface area contributed by atoms with Crippen molar-refractivity contribution in [1.29, 1.82) is 0 Å². The van der Waals surface area contributed by atoms with Gasteiger partial charge in [0.2, 0.25) is 0 Å². The summed E-state index contributed by atoms with van der Waals surface area (Å²) in [6.45, 7) is 1.74. The van der Waals surface area contributed by atoms with Gasteiger partial charge in [-0.2, -0.15) is 0 Å². The number of aryl methyl sites for hydroxylation is 1. The van der Waals surface area contributed by atoms with E-state index in [0.29, 0.717) is 5.56 Å². The summed E-state index contributed by atoms with van der Waals surface area (Å²) in [7, 11) is 0. The minimum Gasteiger partial charge on any atom is -0.481 e. The van der Waals surface area contributed by atoms with Crippen LogP contribution in [0.5, 0.6) is 0 Å². The Hall–Kier alpha value is -1.42. The van der Waals surface area contributed by atoms with Crippen LogP contribution >= 0.6 is 0 Å². The van der Waals surface area contributed by atoms with E-state index in [-0.39, 0.29) is 12.8 Å². The van der Waals surface area contributed by atoms with Crippen molar-refractivity contribution in [3.63, 3.8) is 0 Å². The molecule has 1 aliphatic rings. The Balaban J connectivity index is 2.23. The van der Waals surface area contributed by atoms with E-state index >= 15 is 0 Å². The second kappa shape index (κ2) is 3.56. The molecule has 0 bridgehead atoms. The summed E-state index contributed by atoms with van der Waals surface area (Å²) in [4.78, 5) is 10.6. The number of carbonyl (C=O) groups is 1. The maximum absolute atomic E-state index is 13.1. The fourth-order valence-electron chi connectivity index (χ4n) is 2.17. The Morgan fingerprint density at radius 3 is 2.56 bits per heavy atom. The lowest BCUT2D eigenvalue weighted by Crippen LogP contribution is -2.44. The van der Waals surface area contributed by atoms with Crippen LogP contribution in [0.1, 0.15) is 24.0 Å². The first-order chi connectivity index (χ1) is 7.40. The summed E-state index contributed by atoms with van der Waals surface area (Å²) in [5.41, 5.74) is 0.0281. The van der Waals surface area contributed by atoms with E-state index in [4.69, 9.17) is 5.11 Å². The Bertz CT molecular complexity index is 416. The van der Waals surface area contributed by atoms with E-state index < -0.39 is 23.3 Å². The van der Waals surface area contributed by atoms with Gasteiger partial charge in [0.15, 0.2) is 0 Å². The van der Waals surface area contributed by atoms with Gasteiger partial charge in [0.25, 0.3) is 0 Å². The zero-order valence-corrected chi connectivity index (χ0v) is 8.90. The van der Waals surface area contributed by atoms with E-state index in [0.717, 1.165) is 5.56 Å². The number of halogens is 1. The van der Waals surface area contributed by atoms with Gasteiger partial charge in [0.1, 0.15) is 5.82 Å². The molecular formula is C12H13FO3. The zero-order valence-electron chi connectivity index (χ0n) is 8.90. The Kier molecular flexibility index (Phi) is 2.46. The van der Waals surface area contributed by atoms with Crippen LogP contribution in [-0.4, -0.2) is 16.2 Å². The molecule has 0 heterocycles. The lowest BCUT2D eigenvalue weighted by molar-refractivity contribution is -0.159. The Labute approximate surface area is 92.5 Å². The molecule has 1 saturated carbocycles. The molecule has 0 amide bonds. The molecule has 0 atom stereocenters. The number of benzene rings is 1. The molecule has 0 unspecified atom stereocenters. The van der Waals surface area contributed by atoms with Crippen LogP contribution in [0.2, 0.25) is 0 Å². The second-order valence-corrected chi connectivity index (χ2v) is 4.49. The molecule has 0 saturated heterocycles. The van der Waals surface area contributed by atoms with Crippen molar-refractivity contribution in [2.75, 3.05) is 0 Å². The summed E-state index contributed by atoms with van der Waals surface area (Å²) < 4.78 is 13.1. The van der Waals surface area contributed by atoms with Crippen LogP contribution < -0.4 is 0 Å². The predicted molar refractivity (Wildman–Crippen MR) is 55.4 cm³/mol. The Morgan fingerprint density at radius 1 is 1.44 bits per heavy atom. The van der Waals surface area contributed by atoms with Crippen LogP contribution in [-0.2, 0) is 10.4 Å². The highest BCUT2D eigenvalue weighted by Crippen LogP contribution is 2.45. The fourth-order valence-corrected chi connectivity index (χ4v) is 2.17. The quantitative estimate of drug-likeness (QED) is 0.805. The summed E-state index contributed by atoms with van der Waals surface area (Å²) >= 11 is 0. The minimum absolute atomic E-state index is 0.158. The molecule has 2 N–H and O–H groups in total. The van der Waals surface area contributed by atoms with E-state index in [1.807, 2.05) is 0 Å². The molecule has 1 aromatic carbocycles. The third-order valence-corrected chi connectivity index (χ3v) is 3.10. The van der Waals surface area contributed by atoms with Gasteiger partial charge in [0, 0.05) is 0 Å². The van der Waals surface area contributed by atoms with Crippen molar-refractivity contribution in [2.24, 2.45) is 5.92 Å². The number of hydrogen-bond donors (Lipinski definition) is 2. The highest BCUT2D eigenvalue weighted by Gasteiger charge is 2.47. The van der Waals surface area contributed by atoms with Crippen LogP contribution in [0.3, 0.4) is 0 Å². The van der Waals surface area contributed by atoms with E-state index in [9.17, 15) is 14.3 Å². The van der Waals surface area contributed by atoms with E-state index in [1.54, 1.807) is 13.0 Å². The molecule has 16 heavy (non-hydrogen) atoms. The van der Waals surface area contributed by atoms with Crippen molar-refractivity contribution in [3.8, 4) is 0 Å². The maximum Gasteiger partial charge on any atom is 0.306 e. The zero-order chi connectivity index (χ0) is 11.9. The van der Waals surface area contributed by atoms with Crippen molar-refractivity contribution in [1.82, 2.24) is 0 Å². The average Bonchev–Trinajstić information content (AvgIpc) is 2.10. The minimum atomic E-state index is -1.17. The van der Waals surface area contributed by atoms with Gasteiger partial charge in [-0.3, -0.25) is 4.79 Å². The van der Waals surface area contributed by atoms with Crippen LogP contribution in [0.25, 0.3) is 0 Å². The SMILES string of the molecule is Cc1cc(F)cc(C2(O)CC(C(=O)O)C2)c1. The number of aliphatic hydroxyl groups is 1. The molecule has 1 aromatic rings. The Morgan fingerprint density at radius 2 is 2.06 bits per heavy atom. The normalized spacial score (nSPS) is 28.6. The molecular weight excluding hydrogens is 211 g/mol. The molecule has 1 fully saturated rings. The smallest absolute Gasteiger partial charge is 0.306 e. The van der Waals surface area contributed by atoms with Gasteiger partial charge >= 0.3 is 5.97 Å². The highest BCUT2D eigenvalue weighted by atomic mass is 19.1. The van der Waals surface area contributed by atoms with Gasteiger partial charge in [-0.25, -0.2) is 4.39 Å². The number of aliphatic carboxylic acids is 1. The third kappa shape index (κ3) is 1.80. The summed E-state index contributed by atoms with van der Waals surface area (Å²) in [6.07, 6.45) is 0.316. The number of carboxylic acid groups (broad SMARTS) is 1. The third-order valence-electron chi connectivity index (χ3n) is 3.10. The average molecular weight is 224 g/mol. The lowest BCUT2D eigenvalue weighted by atomic mass is 9.67. The predicted octanol–water partition coefficient (Wildman–Crippen LogP) is 1.82. The molecule has 0 aliphatic heterocycles. The number of rotatable bonds is 2. The summed E-state index contributed by atoms with van der Waals surface area (Å²) in [6, 6.07) is 4.34. The monoisotopic (exact) mass is 224 g/mol. The maximum atomic E-state index is 13.1. The van der Waals surface area contributed by atoms with Crippen molar-refractivity contribution < 1.29 is 19.4 Å². The number of carboxylic acids is 1. The molecule has 4 heteroatoms. The summed E-state index contributed by atoms with van der Waals surface area (Å²) in [5.74, 6) is -1.83. The van der Waals surface area contributed by atoms with Gasteiger partial charge < -0.3 is 10.2 Å². The van der Waals surface area contributed by atoms with Crippen LogP contribution in [0.4, 0.5) is 4.39 Å². The second-order valence-electron chi connectivity index (χ2n) is 4.49. The molecule has 3 nitrogen and oxygen atoms in total. The molecule has 86 valence electrons. The van der Waals surface area contributed by atoms with Crippen LogP contribution in [0.15, 0.2) is 18.2 Å². The van der Waals surface area contributed by atoms with Crippen molar-refractivity contribution >= 4 is 5.97 Å².